The minimum atomic E-state index is -0.614. The summed E-state index contributed by atoms with van der Waals surface area (Å²) in [5.74, 6) is -0.587. The van der Waals surface area contributed by atoms with Gasteiger partial charge in [-0.05, 0) is 24.3 Å². The van der Waals surface area contributed by atoms with Crippen LogP contribution in [0, 0.1) is 5.82 Å². The number of amides is 2. The van der Waals surface area contributed by atoms with Crippen LogP contribution in [-0.2, 0) is 9.53 Å². The Morgan fingerprint density at radius 2 is 1.97 bits per heavy atom. The van der Waals surface area contributed by atoms with Crippen molar-refractivity contribution in [3.05, 3.63) is 52.4 Å². The summed E-state index contributed by atoms with van der Waals surface area (Å²) >= 11 is 11.4. The van der Waals surface area contributed by atoms with Gasteiger partial charge < -0.3 is 14.8 Å². The van der Waals surface area contributed by atoms with Crippen molar-refractivity contribution in [3.8, 4) is 5.88 Å². The number of aromatic nitrogens is 1. The summed E-state index contributed by atoms with van der Waals surface area (Å²) in [6, 6.07) is 7.28. The number of nitrogens with zero attached hydrogens (tertiary/aromatic N) is 2. The Kier molecular flexibility index (Phi) is 5.23. The van der Waals surface area contributed by atoms with Gasteiger partial charge in [-0.15, -0.1) is 0 Å². The maximum Gasteiger partial charge on any atom is 0.414 e. The number of rotatable bonds is 6. The third-order valence-corrected chi connectivity index (χ3v) is 5.84. The molecule has 3 fully saturated rings. The lowest BCUT2D eigenvalue weighted by Gasteiger charge is -2.68. The molecule has 10 heteroatoms. The van der Waals surface area contributed by atoms with Crippen LogP contribution in [0.1, 0.15) is 19.3 Å². The van der Waals surface area contributed by atoms with Crippen LogP contribution < -0.4 is 15.0 Å². The molecule has 0 aliphatic heterocycles. The molecule has 3 saturated carbocycles. The average Bonchev–Trinajstić information content (AvgIpc) is 2.66. The highest BCUT2D eigenvalue weighted by Gasteiger charge is 2.71. The number of anilines is 1. The number of pyridine rings is 1. The van der Waals surface area contributed by atoms with Crippen LogP contribution in [0.3, 0.4) is 0 Å². The fraction of sp³-hybridized carbons (Fsp3) is 0.350. The summed E-state index contributed by atoms with van der Waals surface area (Å²) < 4.78 is 24.5. The normalized spacial score (nSPS) is 23.6. The first kappa shape index (κ1) is 20.7. The van der Waals surface area contributed by atoms with E-state index < -0.39 is 17.5 Å². The highest BCUT2D eigenvalue weighted by atomic mass is 35.5. The maximum atomic E-state index is 13.6. The standard InChI is InChI=1S/C20H18Cl2FN3O4/c1-26(13-3-4-14(22)15(23)6-13)18(28)30-20-9-19(10-20,11-20)25-16(27)8-29-17-5-2-12(21)7-24-17/h2-7H,8-11H2,1H3,(H,25,27). The van der Waals surface area contributed by atoms with Crippen LogP contribution in [-0.4, -0.2) is 41.8 Å². The lowest BCUT2D eigenvalue weighted by molar-refractivity contribution is -0.218. The first-order valence-corrected chi connectivity index (χ1v) is 9.92. The van der Waals surface area contributed by atoms with Gasteiger partial charge in [0.1, 0.15) is 11.4 Å². The Labute approximate surface area is 182 Å². The molecule has 3 aliphatic rings. The molecule has 7 nitrogen and oxygen atoms in total. The van der Waals surface area contributed by atoms with Crippen molar-refractivity contribution in [1.29, 1.82) is 0 Å². The van der Waals surface area contributed by atoms with Crippen molar-refractivity contribution >= 4 is 40.9 Å². The maximum absolute atomic E-state index is 13.6. The number of hydrogen-bond acceptors (Lipinski definition) is 5. The molecule has 1 heterocycles. The lowest BCUT2D eigenvalue weighted by atomic mass is 9.46. The van der Waals surface area contributed by atoms with Crippen LogP contribution in [0.4, 0.5) is 14.9 Å². The Morgan fingerprint density at radius 3 is 2.60 bits per heavy atom. The van der Waals surface area contributed by atoms with E-state index in [9.17, 15) is 14.0 Å². The van der Waals surface area contributed by atoms with Gasteiger partial charge in [0.05, 0.1) is 15.6 Å². The van der Waals surface area contributed by atoms with Crippen molar-refractivity contribution in [3.63, 3.8) is 0 Å². The molecule has 2 amide bonds. The Bertz CT molecular complexity index is 982. The smallest absolute Gasteiger partial charge is 0.414 e. The predicted octanol–water partition coefficient (Wildman–Crippen LogP) is 3.97. The molecule has 2 aromatic rings. The van der Waals surface area contributed by atoms with E-state index >= 15 is 0 Å². The van der Waals surface area contributed by atoms with E-state index in [1.165, 1.54) is 36.3 Å². The molecule has 5 rings (SSSR count). The summed E-state index contributed by atoms with van der Waals surface area (Å²) in [7, 11) is 1.50. The fourth-order valence-electron chi connectivity index (χ4n) is 3.91. The third-order valence-electron chi connectivity index (χ3n) is 5.31. The van der Waals surface area contributed by atoms with Crippen LogP contribution in [0.15, 0.2) is 36.5 Å². The predicted molar refractivity (Wildman–Crippen MR) is 108 cm³/mol. The Balaban J connectivity index is 1.24. The molecule has 30 heavy (non-hydrogen) atoms. The van der Waals surface area contributed by atoms with E-state index in [0.29, 0.717) is 35.9 Å². The zero-order chi connectivity index (χ0) is 21.5. The first-order chi connectivity index (χ1) is 14.2. The molecule has 0 saturated heterocycles. The second-order valence-corrected chi connectivity index (χ2v) is 8.51. The second-order valence-electron chi connectivity index (χ2n) is 7.67. The zero-order valence-corrected chi connectivity index (χ0v) is 17.5. The van der Waals surface area contributed by atoms with Gasteiger partial charge in [-0.1, -0.05) is 23.2 Å². The lowest BCUT2D eigenvalue weighted by Crippen LogP contribution is -2.80. The Hall–Kier alpha value is -2.58. The summed E-state index contributed by atoms with van der Waals surface area (Å²) in [4.78, 5) is 29.7. The van der Waals surface area contributed by atoms with Gasteiger partial charge in [-0.25, -0.2) is 14.2 Å². The molecule has 1 N–H and O–H groups in total. The summed E-state index contributed by atoms with van der Waals surface area (Å²) in [6.07, 6.45) is 2.43. The van der Waals surface area contributed by atoms with Crippen LogP contribution in [0.25, 0.3) is 0 Å². The number of carbonyl (C=O) groups is 2. The van der Waals surface area contributed by atoms with Gasteiger partial charge in [-0.3, -0.25) is 9.69 Å². The van der Waals surface area contributed by atoms with E-state index in [1.54, 1.807) is 12.1 Å². The molecule has 0 radical (unpaired) electrons. The van der Waals surface area contributed by atoms with Gasteiger partial charge in [0.15, 0.2) is 6.61 Å². The largest absolute Gasteiger partial charge is 0.468 e. The number of benzene rings is 1. The molecular weight excluding hydrogens is 436 g/mol. The number of carbonyl (C=O) groups excluding carboxylic acids is 2. The van der Waals surface area contributed by atoms with E-state index in [0.717, 1.165) is 0 Å². The van der Waals surface area contributed by atoms with Gasteiger partial charge in [-0.2, -0.15) is 0 Å². The monoisotopic (exact) mass is 453 g/mol. The van der Waals surface area contributed by atoms with Gasteiger partial charge in [0.25, 0.3) is 5.91 Å². The molecule has 0 unspecified atom stereocenters. The van der Waals surface area contributed by atoms with E-state index in [2.05, 4.69) is 10.3 Å². The molecule has 1 aromatic carbocycles. The fourth-order valence-corrected chi connectivity index (χ4v) is 4.14. The minimum Gasteiger partial charge on any atom is -0.468 e. The van der Waals surface area contributed by atoms with Gasteiger partial charge in [0.2, 0.25) is 5.88 Å². The molecule has 0 spiro atoms. The molecule has 158 valence electrons. The molecule has 3 aliphatic carbocycles. The summed E-state index contributed by atoms with van der Waals surface area (Å²) in [5.41, 5.74) is -0.633. The van der Waals surface area contributed by atoms with Gasteiger partial charge in [0, 0.05) is 44.3 Å². The van der Waals surface area contributed by atoms with Crippen LogP contribution >= 0.6 is 23.2 Å². The SMILES string of the molecule is CN(C(=O)OC12CC(NC(=O)COc3ccc(Cl)cn3)(C1)C2)c1ccc(Cl)c(F)c1. The van der Waals surface area contributed by atoms with E-state index in [1.807, 2.05) is 0 Å². The molecular formula is C20H18Cl2FN3O4. The zero-order valence-electron chi connectivity index (χ0n) is 16.0. The van der Waals surface area contributed by atoms with E-state index in [4.69, 9.17) is 32.7 Å². The highest BCUT2D eigenvalue weighted by Crippen LogP contribution is 2.62. The van der Waals surface area contributed by atoms with Crippen LogP contribution in [0.2, 0.25) is 10.0 Å². The van der Waals surface area contributed by atoms with Crippen molar-refractivity contribution in [2.24, 2.45) is 0 Å². The third kappa shape index (κ3) is 4.02. The topological polar surface area (TPSA) is 80.8 Å². The summed E-state index contributed by atoms with van der Waals surface area (Å²) in [6.45, 7) is -0.173. The first-order valence-electron chi connectivity index (χ1n) is 9.16. The number of ether oxygens (including phenoxy) is 2. The number of halogens is 3. The molecule has 2 bridgehead atoms. The molecule has 1 aromatic heterocycles. The minimum absolute atomic E-state index is 0.0200. The van der Waals surface area contributed by atoms with E-state index in [-0.39, 0.29) is 23.1 Å². The van der Waals surface area contributed by atoms with Crippen molar-refractivity contribution in [2.75, 3.05) is 18.6 Å². The van der Waals surface area contributed by atoms with Gasteiger partial charge >= 0.3 is 6.09 Å². The number of nitrogens with one attached hydrogen (secondary N) is 1. The summed E-state index contributed by atoms with van der Waals surface area (Å²) in [5, 5.41) is 3.39. The number of hydrogen-bond donors (Lipinski definition) is 1. The van der Waals surface area contributed by atoms with Crippen molar-refractivity contribution in [2.45, 2.75) is 30.4 Å². The van der Waals surface area contributed by atoms with Crippen LogP contribution in [0.5, 0.6) is 5.88 Å². The highest BCUT2D eigenvalue weighted by molar-refractivity contribution is 6.31. The second kappa shape index (κ2) is 7.59. The Morgan fingerprint density at radius 1 is 1.23 bits per heavy atom. The quantitative estimate of drug-likeness (QED) is 0.715. The van der Waals surface area contributed by atoms with Crippen molar-refractivity contribution < 1.29 is 23.5 Å². The average molecular weight is 454 g/mol. The molecule has 0 atom stereocenters. The van der Waals surface area contributed by atoms with Crippen molar-refractivity contribution in [1.82, 2.24) is 10.3 Å².